The second-order valence-electron chi connectivity index (χ2n) is 10.2. The summed E-state index contributed by atoms with van der Waals surface area (Å²) in [6.07, 6.45) is -14.6. The average molecular weight is 616 g/mol. The van der Waals surface area contributed by atoms with E-state index in [0.29, 0.717) is 17.7 Å². The molecule has 0 unspecified atom stereocenters. The van der Waals surface area contributed by atoms with Crippen LogP contribution in [-0.2, 0) is 15.1 Å². The normalized spacial score (nSPS) is 22.7. The molecule has 1 aromatic heterocycles. The molecule has 4 aromatic rings. The zero-order chi connectivity index (χ0) is 30.9. The average Bonchev–Trinajstić information content (AvgIpc) is 3.64. The first kappa shape index (κ1) is 29.3. The smallest absolute Gasteiger partial charge is 0.430 e. The molecule has 2 saturated heterocycles. The van der Waals surface area contributed by atoms with Crippen LogP contribution in [-0.4, -0.2) is 70.2 Å². The van der Waals surface area contributed by atoms with Gasteiger partial charge in [-0.3, -0.25) is 0 Å². The Labute approximate surface area is 236 Å². The van der Waals surface area contributed by atoms with E-state index >= 15 is 8.78 Å². The molecule has 0 saturated carbocycles. The van der Waals surface area contributed by atoms with Gasteiger partial charge in [-0.1, -0.05) is 48.5 Å². The van der Waals surface area contributed by atoms with Crippen molar-refractivity contribution in [2.75, 3.05) is 13.2 Å². The maximum Gasteiger partial charge on any atom is 0.430 e. The summed E-state index contributed by atoms with van der Waals surface area (Å²) in [6, 6.07) is 9.22. The summed E-state index contributed by atoms with van der Waals surface area (Å²) < 4.78 is 126. The molecule has 0 amide bonds. The van der Waals surface area contributed by atoms with Crippen LogP contribution in [0.5, 0.6) is 6.01 Å². The number of fused-ring (bicyclic) bond motifs is 2. The number of aliphatic hydroxyl groups excluding tert-OH is 1. The van der Waals surface area contributed by atoms with Gasteiger partial charge in [0.15, 0.2) is 11.9 Å². The van der Waals surface area contributed by atoms with Crippen molar-refractivity contribution in [2.45, 2.75) is 42.4 Å². The van der Waals surface area contributed by atoms with Gasteiger partial charge in [0.05, 0.1) is 24.3 Å². The first-order valence-corrected chi connectivity index (χ1v) is 12.7. The molecule has 2 aliphatic heterocycles. The SMILES string of the molecule is O[C@@H]1CO[C@H]2[C@@H]1OC[C@H]2Oc1nc2c(F)c(-c3ccc(-c4ccc(C(O)(C(F)(F)F)C(F)(F)F)cc4)cc3)c(F)cc2[nH]1. The molecule has 3 N–H and O–H groups in total. The number of aromatic amines is 1. The van der Waals surface area contributed by atoms with Crippen molar-refractivity contribution in [3.63, 3.8) is 0 Å². The lowest BCUT2D eigenvalue weighted by Gasteiger charge is -2.32. The number of hydrogen-bond acceptors (Lipinski definition) is 6. The molecule has 15 heteroatoms. The maximum absolute atomic E-state index is 15.5. The van der Waals surface area contributed by atoms with Crippen molar-refractivity contribution in [3.05, 3.63) is 71.8 Å². The number of hydrogen-bond donors (Lipinski definition) is 3. The maximum atomic E-state index is 15.5. The number of H-pyrrole nitrogens is 1. The highest BCUT2D eigenvalue weighted by atomic mass is 19.4. The highest BCUT2D eigenvalue weighted by Crippen LogP contribution is 2.50. The van der Waals surface area contributed by atoms with Crippen LogP contribution >= 0.6 is 0 Å². The number of halogens is 8. The van der Waals surface area contributed by atoms with Crippen LogP contribution in [0.4, 0.5) is 35.1 Å². The fourth-order valence-corrected chi connectivity index (χ4v) is 5.29. The Balaban J connectivity index is 1.25. The number of aromatic nitrogens is 2. The van der Waals surface area contributed by atoms with Gasteiger partial charge in [0.2, 0.25) is 0 Å². The summed E-state index contributed by atoms with van der Waals surface area (Å²) in [5.41, 5.74) is -6.56. The Morgan fingerprint density at radius 3 is 1.98 bits per heavy atom. The molecule has 3 aromatic carbocycles. The fourth-order valence-electron chi connectivity index (χ4n) is 5.29. The largest absolute Gasteiger partial charge is 0.456 e. The van der Waals surface area contributed by atoms with Crippen LogP contribution in [0.2, 0.25) is 0 Å². The van der Waals surface area contributed by atoms with Crippen LogP contribution in [0.15, 0.2) is 54.6 Å². The zero-order valence-corrected chi connectivity index (χ0v) is 21.5. The van der Waals surface area contributed by atoms with E-state index in [-0.39, 0.29) is 41.4 Å². The number of nitrogens with one attached hydrogen (secondary N) is 1. The predicted molar refractivity (Wildman–Crippen MR) is 133 cm³/mol. The molecule has 0 spiro atoms. The number of aliphatic hydroxyl groups is 2. The van der Waals surface area contributed by atoms with Crippen molar-refractivity contribution >= 4 is 11.0 Å². The van der Waals surface area contributed by atoms with Crippen LogP contribution in [0.25, 0.3) is 33.3 Å². The van der Waals surface area contributed by atoms with E-state index in [4.69, 9.17) is 14.2 Å². The van der Waals surface area contributed by atoms with E-state index in [9.17, 15) is 36.6 Å². The number of imidazole rings is 1. The molecular weight excluding hydrogens is 596 g/mol. The summed E-state index contributed by atoms with van der Waals surface area (Å²) in [6.45, 7) is 0.161. The molecule has 6 rings (SSSR count). The topological polar surface area (TPSA) is 96.8 Å². The van der Waals surface area contributed by atoms with E-state index in [1.807, 2.05) is 0 Å². The number of nitrogens with zero attached hydrogens (tertiary/aromatic N) is 1. The third-order valence-electron chi connectivity index (χ3n) is 7.52. The van der Waals surface area contributed by atoms with Gasteiger partial charge >= 0.3 is 12.4 Å². The van der Waals surface area contributed by atoms with E-state index in [0.717, 1.165) is 18.2 Å². The molecule has 0 radical (unpaired) electrons. The van der Waals surface area contributed by atoms with Gasteiger partial charge in [-0.2, -0.15) is 31.3 Å². The zero-order valence-electron chi connectivity index (χ0n) is 21.5. The summed E-state index contributed by atoms with van der Waals surface area (Å²) in [5, 5.41) is 19.4. The van der Waals surface area contributed by atoms with Crippen molar-refractivity contribution in [3.8, 4) is 28.3 Å². The number of rotatable bonds is 5. The van der Waals surface area contributed by atoms with Crippen molar-refractivity contribution in [2.24, 2.45) is 0 Å². The molecule has 3 heterocycles. The first-order valence-electron chi connectivity index (χ1n) is 12.7. The minimum absolute atomic E-state index is 0.00553. The second-order valence-corrected chi connectivity index (χ2v) is 10.2. The van der Waals surface area contributed by atoms with Crippen LogP contribution in [0, 0.1) is 11.6 Å². The molecule has 43 heavy (non-hydrogen) atoms. The number of alkyl halides is 6. The lowest BCUT2D eigenvalue weighted by Crippen LogP contribution is -2.53. The van der Waals surface area contributed by atoms with Gasteiger partial charge in [-0.05, 0) is 16.7 Å². The van der Waals surface area contributed by atoms with Crippen LogP contribution < -0.4 is 4.74 Å². The van der Waals surface area contributed by atoms with E-state index in [2.05, 4.69) is 9.97 Å². The molecule has 0 aliphatic carbocycles. The summed E-state index contributed by atoms with van der Waals surface area (Å²) in [4.78, 5) is 6.78. The van der Waals surface area contributed by atoms with E-state index in [1.54, 1.807) is 0 Å². The van der Waals surface area contributed by atoms with E-state index in [1.165, 1.54) is 24.3 Å². The summed E-state index contributed by atoms with van der Waals surface area (Å²) >= 11 is 0. The van der Waals surface area contributed by atoms with Crippen molar-refractivity contribution in [1.29, 1.82) is 0 Å². The Bertz CT molecular complexity index is 1640. The monoisotopic (exact) mass is 616 g/mol. The summed E-state index contributed by atoms with van der Waals surface area (Å²) in [5.74, 6) is -1.95. The van der Waals surface area contributed by atoms with E-state index < -0.39 is 65.1 Å². The quantitative estimate of drug-likeness (QED) is 0.260. The molecule has 4 atom stereocenters. The lowest BCUT2D eigenvalue weighted by molar-refractivity contribution is -0.376. The van der Waals surface area contributed by atoms with Crippen LogP contribution in [0.1, 0.15) is 5.56 Å². The van der Waals surface area contributed by atoms with Crippen molar-refractivity contribution in [1.82, 2.24) is 9.97 Å². The number of benzene rings is 3. The molecule has 2 aliphatic rings. The van der Waals surface area contributed by atoms with Gasteiger partial charge < -0.3 is 29.4 Å². The second kappa shape index (κ2) is 10.1. The fraction of sp³-hybridized carbons (Fsp3) is 0.321. The first-order chi connectivity index (χ1) is 20.2. The molecule has 2 fully saturated rings. The minimum Gasteiger partial charge on any atom is -0.456 e. The van der Waals surface area contributed by atoms with Gasteiger partial charge in [0.1, 0.15) is 29.6 Å². The summed E-state index contributed by atoms with van der Waals surface area (Å²) in [7, 11) is 0. The highest BCUT2D eigenvalue weighted by Gasteiger charge is 2.71. The molecular formula is C28H20F8N2O5. The Hall–Kier alpha value is -3.79. The van der Waals surface area contributed by atoms with Gasteiger partial charge in [-0.25, -0.2) is 8.78 Å². The van der Waals surface area contributed by atoms with Gasteiger partial charge in [-0.15, -0.1) is 0 Å². The standard InChI is InChI=1S/C28H20F8N2O5/c29-16-9-17-22(38-25(37-17)43-19-11-42-23-18(39)10-41-24(19)23)21(30)20(16)14-3-1-12(2-4-14)13-5-7-15(8-6-13)26(40,27(31,32)33)28(34,35)36/h1-9,18-19,23-24,39-40H,10-11H2,(H,37,38)/t18-,19-,23-,24-/m1/s1. The van der Waals surface area contributed by atoms with Crippen molar-refractivity contribution < 1.29 is 59.5 Å². The highest BCUT2D eigenvalue weighted by molar-refractivity contribution is 5.84. The third-order valence-corrected chi connectivity index (χ3v) is 7.52. The minimum atomic E-state index is -6.02. The lowest BCUT2D eigenvalue weighted by atomic mass is 9.90. The van der Waals surface area contributed by atoms with Gasteiger partial charge in [0, 0.05) is 11.6 Å². The molecule has 0 bridgehead atoms. The Kier molecular flexibility index (Phi) is 6.91. The van der Waals surface area contributed by atoms with Gasteiger partial charge in [0.25, 0.3) is 11.6 Å². The van der Waals surface area contributed by atoms with Crippen LogP contribution in [0.3, 0.4) is 0 Å². The molecule has 7 nitrogen and oxygen atoms in total. The Morgan fingerprint density at radius 1 is 0.814 bits per heavy atom. The number of ether oxygens (including phenoxy) is 3. The third kappa shape index (κ3) is 4.80. The molecule has 228 valence electrons. The predicted octanol–water partition coefficient (Wildman–Crippen LogP) is 5.39. The Morgan fingerprint density at radius 2 is 1.37 bits per heavy atom.